The molecule has 0 spiro atoms. The number of halogens is 1. The van der Waals surface area contributed by atoms with Crippen LogP contribution in [0.4, 0.5) is 5.69 Å². The molecule has 8 heteroatoms. The number of benzene rings is 1. The fraction of sp³-hybridized carbons (Fsp3) is 0.619. The molecule has 1 heterocycles. The monoisotopic (exact) mass is 424 g/mol. The zero-order chi connectivity index (χ0) is 20.9. The van der Waals surface area contributed by atoms with Gasteiger partial charge in [0.2, 0.25) is 5.91 Å². The highest BCUT2D eigenvalue weighted by molar-refractivity contribution is 6.30. The minimum Gasteiger partial charge on any atom is -0.382 e. The molecule has 2 N–H and O–H groups in total. The number of aliphatic imine (C=N–C) groups is 1. The molecule has 0 bridgehead atoms. The molecule has 0 aromatic heterocycles. The normalized spacial score (nSPS) is 16.9. The molecule has 1 aromatic rings. The van der Waals surface area contributed by atoms with Gasteiger partial charge in [0, 0.05) is 56.3 Å². The Morgan fingerprint density at radius 3 is 2.83 bits per heavy atom. The minimum absolute atomic E-state index is 0.0121. The van der Waals surface area contributed by atoms with Gasteiger partial charge in [-0.25, -0.2) is 0 Å². The second-order valence-corrected chi connectivity index (χ2v) is 7.50. The Morgan fingerprint density at radius 2 is 2.10 bits per heavy atom. The standard InChI is InChI=1S/C21H33ClN4O3/c1-3-23-21(26-12-10-17(15-26)16-29-14-13-28-2)24-11-4-5-20(27)25-19-8-6-18(22)7-9-19/h6-9,17H,3-5,10-16H2,1-2H3,(H,23,24)(H,25,27). The van der Waals surface area contributed by atoms with Crippen molar-refractivity contribution in [2.45, 2.75) is 26.2 Å². The first kappa shape index (κ1) is 23.4. The van der Waals surface area contributed by atoms with E-state index < -0.39 is 0 Å². The van der Waals surface area contributed by atoms with Gasteiger partial charge in [0.1, 0.15) is 0 Å². The van der Waals surface area contributed by atoms with Crippen LogP contribution in [0, 0.1) is 5.92 Å². The molecule has 2 rings (SSSR count). The number of guanidine groups is 1. The molecule has 1 aliphatic rings. The number of nitrogens with zero attached hydrogens (tertiary/aromatic N) is 2. The summed E-state index contributed by atoms with van der Waals surface area (Å²) in [4.78, 5) is 19.1. The molecular formula is C21H33ClN4O3. The van der Waals surface area contributed by atoms with E-state index in [0.717, 1.165) is 44.3 Å². The second kappa shape index (κ2) is 13.4. The van der Waals surface area contributed by atoms with Crippen LogP contribution < -0.4 is 10.6 Å². The topological polar surface area (TPSA) is 75.2 Å². The van der Waals surface area contributed by atoms with Crippen LogP contribution in [-0.2, 0) is 14.3 Å². The van der Waals surface area contributed by atoms with Gasteiger partial charge in [0.25, 0.3) is 0 Å². The summed E-state index contributed by atoms with van der Waals surface area (Å²) in [6, 6.07) is 7.11. The fourth-order valence-corrected chi connectivity index (χ4v) is 3.29. The number of anilines is 1. The highest BCUT2D eigenvalue weighted by atomic mass is 35.5. The highest BCUT2D eigenvalue weighted by Crippen LogP contribution is 2.17. The number of amides is 1. The summed E-state index contributed by atoms with van der Waals surface area (Å²) in [5, 5.41) is 6.89. The summed E-state index contributed by atoms with van der Waals surface area (Å²) in [6.07, 6.45) is 2.23. The first-order chi connectivity index (χ1) is 14.1. The summed E-state index contributed by atoms with van der Waals surface area (Å²) < 4.78 is 10.7. The molecule has 0 radical (unpaired) electrons. The Kier molecular flexibility index (Phi) is 10.8. The number of carbonyl (C=O) groups excluding carboxylic acids is 1. The van der Waals surface area contributed by atoms with Crippen molar-refractivity contribution in [1.29, 1.82) is 0 Å². The van der Waals surface area contributed by atoms with E-state index in [1.165, 1.54) is 0 Å². The largest absolute Gasteiger partial charge is 0.382 e. The number of rotatable bonds is 11. The zero-order valence-electron chi connectivity index (χ0n) is 17.5. The maximum absolute atomic E-state index is 12.1. The summed E-state index contributed by atoms with van der Waals surface area (Å²) in [6.45, 7) is 7.44. The Bertz CT molecular complexity index is 639. The van der Waals surface area contributed by atoms with Gasteiger partial charge in [0.15, 0.2) is 5.96 Å². The van der Waals surface area contributed by atoms with Gasteiger partial charge >= 0.3 is 0 Å². The van der Waals surface area contributed by atoms with E-state index in [2.05, 4.69) is 22.5 Å². The van der Waals surface area contributed by atoms with Crippen LogP contribution in [0.1, 0.15) is 26.2 Å². The predicted octanol–water partition coefficient (Wildman–Crippen LogP) is 3.01. The quantitative estimate of drug-likeness (QED) is 0.324. The van der Waals surface area contributed by atoms with Crippen molar-refractivity contribution >= 4 is 29.2 Å². The van der Waals surface area contributed by atoms with Crippen molar-refractivity contribution in [2.75, 3.05) is 58.4 Å². The minimum atomic E-state index is -0.0121. The third-order valence-corrected chi connectivity index (χ3v) is 4.91. The average molecular weight is 425 g/mol. The van der Waals surface area contributed by atoms with Crippen molar-refractivity contribution in [3.05, 3.63) is 29.3 Å². The lowest BCUT2D eigenvalue weighted by molar-refractivity contribution is -0.116. The molecule has 29 heavy (non-hydrogen) atoms. The van der Waals surface area contributed by atoms with Crippen molar-refractivity contribution < 1.29 is 14.3 Å². The zero-order valence-corrected chi connectivity index (χ0v) is 18.2. The number of hydrogen-bond acceptors (Lipinski definition) is 4. The van der Waals surface area contributed by atoms with Crippen molar-refractivity contribution in [2.24, 2.45) is 10.9 Å². The van der Waals surface area contributed by atoms with Gasteiger partial charge < -0.3 is 25.0 Å². The number of likely N-dealkylation sites (tertiary alicyclic amines) is 1. The molecule has 1 atom stereocenters. The molecule has 1 aliphatic heterocycles. The van der Waals surface area contributed by atoms with E-state index in [0.29, 0.717) is 43.5 Å². The molecule has 0 aliphatic carbocycles. The van der Waals surface area contributed by atoms with Crippen molar-refractivity contribution in [1.82, 2.24) is 10.2 Å². The summed E-state index contributed by atoms with van der Waals surface area (Å²) in [5.41, 5.74) is 0.757. The van der Waals surface area contributed by atoms with Crippen molar-refractivity contribution in [3.8, 4) is 0 Å². The average Bonchev–Trinajstić information content (AvgIpc) is 3.18. The maximum Gasteiger partial charge on any atom is 0.224 e. The van der Waals surface area contributed by atoms with Crippen molar-refractivity contribution in [3.63, 3.8) is 0 Å². The lowest BCUT2D eigenvalue weighted by atomic mass is 10.1. The number of nitrogens with one attached hydrogen (secondary N) is 2. The smallest absolute Gasteiger partial charge is 0.224 e. The number of ether oxygens (including phenoxy) is 2. The van der Waals surface area contributed by atoms with Gasteiger partial charge in [0.05, 0.1) is 19.8 Å². The summed E-state index contributed by atoms with van der Waals surface area (Å²) >= 11 is 5.86. The second-order valence-electron chi connectivity index (χ2n) is 7.06. The van der Waals surface area contributed by atoms with Crippen LogP contribution in [0.25, 0.3) is 0 Å². The van der Waals surface area contributed by atoms with E-state index in [9.17, 15) is 4.79 Å². The Labute approximate surface area is 178 Å². The Hall–Kier alpha value is -1.83. The third-order valence-electron chi connectivity index (χ3n) is 4.66. The number of carbonyl (C=O) groups is 1. The third kappa shape index (κ3) is 9.02. The van der Waals surface area contributed by atoms with Gasteiger partial charge in [-0.3, -0.25) is 9.79 Å². The Morgan fingerprint density at radius 1 is 1.31 bits per heavy atom. The molecule has 1 fully saturated rings. The molecule has 0 saturated carbocycles. The summed E-state index contributed by atoms with van der Waals surface area (Å²) in [7, 11) is 1.68. The first-order valence-corrected chi connectivity index (χ1v) is 10.7. The SMILES string of the molecule is CCNC(=NCCCC(=O)Nc1ccc(Cl)cc1)N1CCC(COCCOC)C1. The van der Waals surface area contributed by atoms with E-state index in [4.69, 9.17) is 26.1 Å². The number of methoxy groups -OCH3 is 1. The van der Waals surface area contributed by atoms with Crippen LogP contribution >= 0.6 is 11.6 Å². The molecule has 1 saturated heterocycles. The van der Waals surface area contributed by atoms with Gasteiger partial charge in [-0.15, -0.1) is 0 Å². The van der Waals surface area contributed by atoms with Gasteiger partial charge in [-0.1, -0.05) is 11.6 Å². The van der Waals surface area contributed by atoms with Gasteiger partial charge in [-0.2, -0.15) is 0 Å². The van der Waals surface area contributed by atoms with E-state index in [-0.39, 0.29) is 5.91 Å². The van der Waals surface area contributed by atoms with E-state index in [1.54, 1.807) is 31.4 Å². The van der Waals surface area contributed by atoms with Crippen LogP contribution in [0.5, 0.6) is 0 Å². The fourth-order valence-electron chi connectivity index (χ4n) is 3.16. The van der Waals surface area contributed by atoms with E-state index >= 15 is 0 Å². The molecule has 7 nitrogen and oxygen atoms in total. The number of hydrogen-bond donors (Lipinski definition) is 2. The first-order valence-electron chi connectivity index (χ1n) is 10.3. The predicted molar refractivity (Wildman–Crippen MR) is 118 cm³/mol. The lowest BCUT2D eigenvalue weighted by Crippen LogP contribution is -2.40. The summed E-state index contributed by atoms with van der Waals surface area (Å²) in [5.74, 6) is 1.42. The lowest BCUT2D eigenvalue weighted by Gasteiger charge is -2.21. The van der Waals surface area contributed by atoms with Crippen LogP contribution in [-0.4, -0.2) is 69.9 Å². The van der Waals surface area contributed by atoms with E-state index in [1.807, 2.05) is 0 Å². The molecule has 1 aromatic carbocycles. The van der Waals surface area contributed by atoms with Crippen LogP contribution in [0.2, 0.25) is 5.02 Å². The highest BCUT2D eigenvalue weighted by Gasteiger charge is 2.24. The molecule has 1 amide bonds. The Balaban J connectivity index is 1.71. The molecule has 162 valence electrons. The molecular weight excluding hydrogens is 392 g/mol. The molecule has 1 unspecified atom stereocenters. The van der Waals surface area contributed by atoms with Crippen LogP contribution in [0.15, 0.2) is 29.3 Å². The maximum atomic E-state index is 12.1. The van der Waals surface area contributed by atoms with Gasteiger partial charge in [-0.05, 0) is 44.0 Å². The van der Waals surface area contributed by atoms with Crippen LogP contribution in [0.3, 0.4) is 0 Å².